The first-order chi connectivity index (χ1) is 20.6. The maximum atomic E-state index is 15.0. The van der Waals surface area contributed by atoms with E-state index in [-0.39, 0.29) is 17.2 Å². The summed E-state index contributed by atoms with van der Waals surface area (Å²) in [6, 6.07) is 7.77. The molecule has 1 aliphatic rings. The molecule has 0 radical (unpaired) electrons. The van der Waals surface area contributed by atoms with Crippen molar-refractivity contribution in [3.8, 4) is 28.7 Å². The van der Waals surface area contributed by atoms with E-state index in [4.69, 9.17) is 4.74 Å². The van der Waals surface area contributed by atoms with E-state index in [1.165, 1.54) is 18.1 Å². The zero-order chi connectivity index (χ0) is 32.0. The minimum Gasteiger partial charge on any atom is -0.429 e. The number of alkyl halides is 5. The molecule has 0 aliphatic carbocycles. The van der Waals surface area contributed by atoms with Crippen LogP contribution in [0.25, 0.3) is 21.9 Å². The fourth-order valence-electron chi connectivity index (χ4n) is 4.94. The van der Waals surface area contributed by atoms with Gasteiger partial charge in [-0.2, -0.15) is 22.0 Å². The van der Waals surface area contributed by atoms with Crippen molar-refractivity contribution in [3.05, 3.63) is 100 Å². The minimum atomic E-state index is -5.03. The van der Waals surface area contributed by atoms with Gasteiger partial charge in [0.15, 0.2) is 0 Å². The van der Waals surface area contributed by atoms with Gasteiger partial charge in [0, 0.05) is 23.5 Å². The highest BCUT2D eigenvalue weighted by atomic mass is 19.4. The van der Waals surface area contributed by atoms with E-state index in [0.29, 0.717) is 48.8 Å². The van der Waals surface area contributed by atoms with Gasteiger partial charge >= 0.3 is 12.3 Å². The first-order valence-electron chi connectivity index (χ1n) is 13.1. The summed E-state index contributed by atoms with van der Waals surface area (Å²) < 4.78 is 151. The maximum Gasteiger partial charge on any atom is 0.458 e. The van der Waals surface area contributed by atoms with E-state index >= 15 is 8.78 Å². The molecule has 1 aliphatic heterocycles. The van der Waals surface area contributed by atoms with E-state index in [2.05, 4.69) is 4.74 Å². The SMILES string of the molecule is CC1CCC(c2ccc(-c3cc(F)c(C(F)(F)Oc4ccc5c(F)c(C#CC(F)(F)F)c(F)cc5c4)c(F)c3)c(F)c2)OC1. The van der Waals surface area contributed by atoms with Gasteiger partial charge in [-0.05, 0) is 77.7 Å². The fourth-order valence-corrected chi connectivity index (χ4v) is 4.94. The van der Waals surface area contributed by atoms with Gasteiger partial charge in [0.25, 0.3) is 0 Å². The Hall–Kier alpha value is -4.24. The Morgan fingerprint density at radius 2 is 1.50 bits per heavy atom. The van der Waals surface area contributed by atoms with Crippen molar-refractivity contribution in [1.82, 2.24) is 0 Å². The molecule has 0 aromatic heterocycles. The van der Waals surface area contributed by atoms with Crippen molar-refractivity contribution in [1.29, 1.82) is 0 Å². The lowest BCUT2D eigenvalue weighted by molar-refractivity contribution is -0.189. The molecule has 2 unspecified atom stereocenters. The van der Waals surface area contributed by atoms with Crippen molar-refractivity contribution in [2.24, 2.45) is 5.92 Å². The quantitative estimate of drug-likeness (QED) is 0.162. The lowest BCUT2D eigenvalue weighted by Crippen LogP contribution is -2.25. The van der Waals surface area contributed by atoms with Crippen molar-refractivity contribution < 1.29 is 53.4 Å². The number of hydrogen-bond donors (Lipinski definition) is 0. The zero-order valence-electron chi connectivity index (χ0n) is 22.6. The molecule has 1 heterocycles. The Kier molecular flexibility index (Phi) is 8.29. The number of ether oxygens (including phenoxy) is 2. The lowest BCUT2D eigenvalue weighted by atomic mass is 9.94. The summed E-state index contributed by atoms with van der Waals surface area (Å²) in [5.74, 6) is -5.69. The summed E-state index contributed by atoms with van der Waals surface area (Å²) in [7, 11) is 0. The highest BCUT2D eigenvalue weighted by Crippen LogP contribution is 2.39. The molecule has 0 spiro atoms. The molecular weight excluding hydrogens is 606 g/mol. The van der Waals surface area contributed by atoms with Gasteiger partial charge in [0.1, 0.15) is 40.4 Å². The molecule has 0 bridgehead atoms. The van der Waals surface area contributed by atoms with Gasteiger partial charge in [-0.25, -0.2) is 22.0 Å². The Labute approximate surface area is 244 Å². The molecular formula is C32H20F10O2. The van der Waals surface area contributed by atoms with Crippen LogP contribution in [0, 0.1) is 46.8 Å². The van der Waals surface area contributed by atoms with Gasteiger partial charge in [-0.1, -0.05) is 25.0 Å². The zero-order valence-corrected chi connectivity index (χ0v) is 22.6. The summed E-state index contributed by atoms with van der Waals surface area (Å²) in [6.45, 7) is 2.51. The van der Waals surface area contributed by atoms with Gasteiger partial charge in [0.2, 0.25) is 0 Å². The van der Waals surface area contributed by atoms with Crippen LogP contribution in [0.2, 0.25) is 0 Å². The minimum absolute atomic E-state index is 0.246. The van der Waals surface area contributed by atoms with Crippen molar-refractivity contribution >= 4 is 10.8 Å². The Morgan fingerprint density at radius 3 is 2.11 bits per heavy atom. The third-order valence-electron chi connectivity index (χ3n) is 7.09. The van der Waals surface area contributed by atoms with Crippen molar-refractivity contribution in [2.75, 3.05) is 6.61 Å². The van der Waals surface area contributed by atoms with Crippen molar-refractivity contribution in [2.45, 2.75) is 38.2 Å². The van der Waals surface area contributed by atoms with Gasteiger partial charge in [-0.15, -0.1) is 0 Å². The van der Waals surface area contributed by atoms with Crippen LogP contribution in [0.3, 0.4) is 0 Å². The van der Waals surface area contributed by atoms with Crippen LogP contribution in [0.4, 0.5) is 43.9 Å². The largest absolute Gasteiger partial charge is 0.458 e. The Morgan fingerprint density at radius 1 is 0.795 bits per heavy atom. The summed E-state index contributed by atoms with van der Waals surface area (Å²) in [4.78, 5) is 0. The fraction of sp³-hybridized carbons (Fsp3) is 0.250. The molecule has 0 amide bonds. The van der Waals surface area contributed by atoms with Crippen LogP contribution in [-0.4, -0.2) is 12.8 Å². The second-order valence-electron chi connectivity index (χ2n) is 10.4. The van der Waals surface area contributed by atoms with Crippen molar-refractivity contribution in [3.63, 3.8) is 0 Å². The Bertz CT molecular complexity index is 1770. The topological polar surface area (TPSA) is 18.5 Å². The van der Waals surface area contributed by atoms with E-state index in [9.17, 15) is 35.1 Å². The highest BCUT2D eigenvalue weighted by molar-refractivity contribution is 5.86. The predicted molar refractivity (Wildman–Crippen MR) is 140 cm³/mol. The van der Waals surface area contributed by atoms with Gasteiger partial charge < -0.3 is 9.47 Å². The molecule has 4 aromatic rings. The second kappa shape index (κ2) is 11.7. The Balaban J connectivity index is 1.41. The monoisotopic (exact) mass is 626 g/mol. The third-order valence-corrected chi connectivity index (χ3v) is 7.09. The molecule has 44 heavy (non-hydrogen) atoms. The third kappa shape index (κ3) is 6.48. The number of benzene rings is 4. The second-order valence-corrected chi connectivity index (χ2v) is 10.4. The van der Waals surface area contributed by atoms with Crippen LogP contribution in [-0.2, 0) is 10.8 Å². The summed E-state index contributed by atoms with van der Waals surface area (Å²) in [5.41, 5.74) is -3.08. The molecule has 4 aromatic carbocycles. The van der Waals surface area contributed by atoms with Crippen LogP contribution >= 0.6 is 0 Å². The van der Waals surface area contributed by atoms with Crippen LogP contribution < -0.4 is 4.74 Å². The number of rotatable bonds is 5. The maximum absolute atomic E-state index is 15.0. The van der Waals surface area contributed by atoms with E-state index in [1.54, 1.807) is 0 Å². The standard InChI is InChI=1S/C32H20F10O2/c1-16-2-7-28(43-15-16)17-3-5-21(24(33)11-17)19-13-26(35)29(27(36)14-19)32(41,42)44-20-4-6-22-18(10-20)12-25(34)23(30(22)37)8-9-31(38,39)40/h3-6,10-14,16,28H,2,7,15H2,1H3. The van der Waals surface area contributed by atoms with E-state index in [0.717, 1.165) is 30.5 Å². The normalized spacial score (nSPS) is 17.3. The van der Waals surface area contributed by atoms with Crippen LogP contribution in [0.15, 0.2) is 54.6 Å². The number of halogens is 10. The number of fused-ring (bicyclic) bond motifs is 1. The first-order valence-corrected chi connectivity index (χ1v) is 13.1. The molecule has 2 atom stereocenters. The smallest absolute Gasteiger partial charge is 0.429 e. The molecule has 1 fully saturated rings. The van der Waals surface area contributed by atoms with Crippen LogP contribution in [0.1, 0.15) is 42.6 Å². The van der Waals surface area contributed by atoms with Gasteiger partial charge in [-0.3, -0.25) is 0 Å². The molecule has 0 N–H and O–H groups in total. The summed E-state index contributed by atoms with van der Waals surface area (Å²) >= 11 is 0. The first kappa shape index (κ1) is 31.2. The number of hydrogen-bond acceptors (Lipinski definition) is 2. The molecule has 2 nitrogen and oxygen atoms in total. The lowest BCUT2D eigenvalue weighted by Gasteiger charge is -2.27. The highest BCUT2D eigenvalue weighted by Gasteiger charge is 2.41. The molecule has 1 saturated heterocycles. The molecule has 0 saturated carbocycles. The van der Waals surface area contributed by atoms with Crippen LogP contribution in [0.5, 0.6) is 5.75 Å². The molecule has 5 rings (SSSR count). The molecule has 230 valence electrons. The average Bonchev–Trinajstić information content (AvgIpc) is 2.91. The average molecular weight is 626 g/mol. The summed E-state index contributed by atoms with van der Waals surface area (Å²) in [6.07, 6.45) is -8.51. The van der Waals surface area contributed by atoms with Gasteiger partial charge in [0.05, 0.1) is 11.7 Å². The summed E-state index contributed by atoms with van der Waals surface area (Å²) in [5, 5.41) is -0.887. The predicted octanol–water partition coefficient (Wildman–Crippen LogP) is 9.73. The molecule has 12 heteroatoms. The van der Waals surface area contributed by atoms with E-state index in [1.807, 2.05) is 6.92 Å². The van der Waals surface area contributed by atoms with E-state index < -0.39 is 69.0 Å².